The first-order valence-electron chi connectivity index (χ1n) is 8.04. The van der Waals surface area contributed by atoms with Crippen LogP contribution in [0.3, 0.4) is 0 Å². The molecule has 1 aromatic rings. The minimum atomic E-state index is 0.472. The Bertz CT molecular complexity index is 409. The summed E-state index contributed by atoms with van der Waals surface area (Å²) >= 11 is 1.92. The Balaban J connectivity index is 1.88. The van der Waals surface area contributed by atoms with Gasteiger partial charge in [0.2, 0.25) is 0 Å². The Kier molecular flexibility index (Phi) is 5.25. The summed E-state index contributed by atoms with van der Waals surface area (Å²) in [5, 5.41) is 4.85. The fourth-order valence-corrected chi connectivity index (χ4v) is 4.14. The molecule has 0 unspecified atom stereocenters. The van der Waals surface area contributed by atoms with Gasteiger partial charge in [-0.2, -0.15) is 0 Å². The molecule has 0 amide bonds. The molecule has 1 aliphatic rings. The highest BCUT2D eigenvalue weighted by Gasteiger charge is 2.31. The van der Waals surface area contributed by atoms with Gasteiger partial charge in [-0.15, -0.1) is 11.3 Å². The maximum Gasteiger partial charge on any atom is 0.0959 e. The van der Waals surface area contributed by atoms with E-state index in [0.717, 1.165) is 12.5 Å². The third-order valence-corrected chi connectivity index (χ3v) is 5.72. The summed E-state index contributed by atoms with van der Waals surface area (Å²) in [7, 11) is 0. The van der Waals surface area contributed by atoms with Crippen molar-refractivity contribution < 1.29 is 0 Å². The number of nitrogens with one attached hydrogen (secondary N) is 1. The second kappa shape index (κ2) is 6.57. The first kappa shape index (κ1) is 16.0. The minimum Gasteiger partial charge on any atom is -0.310 e. The van der Waals surface area contributed by atoms with Crippen LogP contribution in [-0.4, -0.2) is 11.0 Å². The summed E-state index contributed by atoms with van der Waals surface area (Å²) in [6.45, 7) is 12.5. The predicted molar refractivity (Wildman–Crippen MR) is 88.2 cm³/mol. The molecule has 0 radical (unpaired) electrons. The van der Waals surface area contributed by atoms with E-state index in [4.69, 9.17) is 0 Å². The fraction of sp³-hybridized carbons (Fsp3) is 0.824. The SMILES string of the molecule is CC(C)NCc1cnc(C2CCC(C(C)(C)C)CC2)s1. The van der Waals surface area contributed by atoms with Crippen molar-refractivity contribution in [3.05, 3.63) is 16.1 Å². The zero-order valence-electron chi connectivity index (χ0n) is 13.7. The standard InChI is InChI=1S/C17H30N2S/c1-12(2)18-10-15-11-19-16(20-15)13-6-8-14(9-7-13)17(3,4)5/h11-14,18H,6-10H2,1-5H3. The molecule has 0 aromatic carbocycles. The van der Waals surface area contributed by atoms with Gasteiger partial charge >= 0.3 is 0 Å². The van der Waals surface area contributed by atoms with Crippen molar-refractivity contribution in [2.75, 3.05) is 0 Å². The average Bonchev–Trinajstić information content (AvgIpc) is 2.84. The second-order valence-corrected chi connectivity index (χ2v) is 8.76. The maximum atomic E-state index is 4.68. The van der Waals surface area contributed by atoms with Gasteiger partial charge in [-0.1, -0.05) is 34.6 Å². The van der Waals surface area contributed by atoms with E-state index in [0.29, 0.717) is 17.4 Å². The molecule has 114 valence electrons. The largest absolute Gasteiger partial charge is 0.310 e. The number of hydrogen-bond donors (Lipinski definition) is 1. The Morgan fingerprint density at radius 1 is 1.25 bits per heavy atom. The predicted octanol–water partition coefficient (Wildman–Crippen LogP) is 4.96. The van der Waals surface area contributed by atoms with E-state index >= 15 is 0 Å². The summed E-state index contributed by atoms with van der Waals surface area (Å²) in [5.41, 5.74) is 0.472. The molecule has 2 rings (SSSR count). The van der Waals surface area contributed by atoms with Crippen molar-refractivity contribution >= 4 is 11.3 Å². The monoisotopic (exact) mass is 294 g/mol. The van der Waals surface area contributed by atoms with Crippen LogP contribution in [0.15, 0.2) is 6.20 Å². The molecule has 1 N–H and O–H groups in total. The lowest BCUT2D eigenvalue weighted by Gasteiger charge is -2.36. The Hall–Kier alpha value is -0.410. The number of aromatic nitrogens is 1. The first-order valence-corrected chi connectivity index (χ1v) is 8.86. The normalized spacial score (nSPS) is 24.3. The fourth-order valence-electron chi connectivity index (χ4n) is 3.10. The molecule has 20 heavy (non-hydrogen) atoms. The lowest BCUT2D eigenvalue weighted by atomic mass is 9.70. The molecule has 1 aliphatic carbocycles. The van der Waals surface area contributed by atoms with E-state index in [9.17, 15) is 0 Å². The van der Waals surface area contributed by atoms with Gasteiger partial charge in [0.1, 0.15) is 0 Å². The molecule has 0 saturated heterocycles. The Labute approximate surface area is 128 Å². The third kappa shape index (κ3) is 4.29. The van der Waals surface area contributed by atoms with Gasteiger partial charge in [-0.05, 0) is 37.0 Å². The molecule has 0 bridgehead atoms. The van der Waals surface area contributed by atoms with Gasteiger partial charge in [-0.25, -0.2) is 4.98 Å². The first-order chi connectivity index (χ1) is 9.36. The molecule has 2 nitrogen and oxygen atoms in total. The van der Waals surface area contributed by atoms with Crippen molar-refractivity contribution in [2.45, 2.75) is 78.8 Å². The van der Waals surface area contributed by atoms with Crippen LogP contribution in [0.5, 0.6) is 0 Å². The highest BCUT2D eigenvalue weighted by Crippen LogP contribution is 2.43. The van der Waals surface area contributed by atoms with Gasteiger partial charge in [0.15, 0.2) is 0 Å². The van der Waals surface area contributed by atoms with Crippen LogP contribution >= 0.6 is 11.3 Å². The second-order valence-electron chi connectivity index (χ2n) is 7.61. The molecular formula is C17H30N2S. The van der Waals surface area contributed by atoms with E-state index < -0.39 is 0 Å². The average molecular weight is 295 g/mol. The van der Waals surface area contributed by atoms with Crippen molar-refractivity contribution in [3.8, 4) is 0 Å². The molecule has 0 spiro atoms. The van der Waals surface area contributed by atoms with E-state index in [1.54, 1.807) is 0 Å². The zero-order valence-corrected chi connectivity index (χ0v) is 14.5. The molecular weight excluding hydrogens is 264 g/mol. The van der Waals surface area contributed by atoms with Gasteiger partial charge in [0.05, 0.1) is 5.01 Å². The van der Waals surface area contributed by atoms with Gasteiger partial charge in [0, 0.05) is 29.6 Å². The minimum absolute atomic E-state index is 0.472. The van der Waals surface area contributed by atoms with Crippen LogP contribution < -0.4 is 5.32 Å². The molecule has 1 fully saturated rings. The molecule has 3 heteroatoms. The Morgan fingerprint density at radius 3 is 2.45 bits per heavy atom. The molecule has 0 atom stereocenters. The quantitative estimate of drug-likeness (QED) is 0.849. The van der Waals surface area contributed by atoms with Gasteiger partial charge in [0.25, 0.3) is 0 Å². The molecule has 1 saturated carbocycles. The number of hydrogen-bond acceptors (Lipinski definition) is 3. The summed E-state index contributed by atoms with van der Waals surface area (Å²) in [5.74, 6) is 1.60. The van der Waals surface area contributed by atoms with Crippen LogP contribution in [-0.2, 0) is 6.54 Å². The van der Waals surface area contributed by atoms with E-state index in [1.165, 1.54) is 35.6 Å². The maximum absolute atomic E-state index is 4.68. The van der Waals surface area contributed by atoms with E-state index in [1.807, 2.05) is 11.3 Å². The van der Waals surface area contributed by atoms with Crippen molar-refractivity contribution in [1.29, 1.82) is 0 Å². The van der Waals surface area contributed by atoms with Crippen LogP contribution in [0.2, 0.25) is 0 Å². The summed E-state index contributed by atoms with van der Waals surface area (Å²) in [6, 6.07) is 0.544. The van der Waals surface area contributed by atoms with Gasteiger partial charge < -0.3 is 5.32 Å². The number of nitrogens with zero attached hydrogens (tertiary/aromatic N) is 1. The lowest BCUT2D eigenvalue weighted by Crippen LogP contribution is -2.25. The van der Waals surface area contributed by atoms with Crippen LogP contribution in [0.4, 0.5) is 0 Å². The topological polar surface area (TPSA) is 24.9 Å². The van der Waals surface area contributed by atoms with Crippen LogP contribution in [0.25, 0.3) is 0 Å². The number of rotatable bonds is 4. The summed E-state index contributed by atoms with van der Waals surface area (Å²) in [6.07, 6.45) is 7.46. The highest BCUT2D eigenvalue weighted by molar-refractivity contribution is 7.11. The third-order valence-electron chi connectivity index (χ3n) is 4.56. The van der Waals surface area contributed by atoms with E-state index in [-0.39, 0.29) is 0 Å². The molecule has 1 aromatic heterocycles. The summed E-state index contributed by atoms with van der Waals surface area (Å²) < 4.78 is 0. The van der Waals surface area contributed by atoms with E-state index in [2.05, 4.69) is 51.1 Å². The Morgan fingerprint density at radius 2 is 1.90 bits per heavy atom. The van der Waals surface area contributed by atoms with Crippen molar-refractivity contribution in [1.82, 2.24) is 10.3 Å². The van der Waals surface area contributed by atoms with Crippen LogP contribution in [0.1, 0.15) is 76.1 Å². The lowest BCUT2D eigenvalue weighted by molar-refractivity contribution is 0.169. The molecule has 1 heterocycles. The van der Waals surface area contributed by atoms with Crippen molar-refractivity contribution in [3.63, 3.8) is 0 Å². The van der Waals surface area contributed by atoms with Crippen LogP contribution in [0, 0.1) is 11.3 Å². The smallest absolute Gasteiger partial charge is 0.0959 e. The summed E-state index contributed by atoms with van der Waals surface area (Å²) in [4.78, 5) is 6.06. The zero-order chi connectivity index (χ0) is 14.8. The van der Waals surface area contributed by atoms with Crippen molar-refractivity contribution in [2.24, 2.45) is 11.3 Å². The molecule has 0 aliphatic heterocycles. The highest BCUT2D eigenvalue weighted by atomic mass is 32.1. The van der Waals surface area contributed by atoms with Gasteiger partial charge in [-0.3, -0.25) is 0 Å². The number of thiazole rings is 1.